The van der Waals surface area contributed by atoms with Crippen LogP contribution in [0.5, 0.6) is 0 Å². The lowest BCUT2D eigenvalue weighted by molar-refractivity contribution is -0.137. The molecule has 1 amide bonds. The van der Waals surface area contributed by atoms with Crippen LogP contribution in [-0.4, -0.2) is 22.1 Å². The van der Waals surface area contributed by atoms with Crippen molar-refractivity contribution in [2.45, 2.75) is 51.2 Å². The molecule has 0 spiro atoms. The first kappa shape index (κ1) is 18.4. The highest BCUT2D eigenvalue weighted by atomic mass is 19.4. The van der Waals surface area contributed by atoms with Crippen LogP contribution in [-0.2, 0) is 23.8 Å². The van der Waals surface area contributed by atoms with Crippen molar-refractivity contribution in [1.29, 1.82) is 0 Å². The van der Waals surface area contributed by atoms with Gasteiger partial charge in [-0.25, -0.2) is 0 Å². The Kier molecular flexibility index (Phi) is 5.29. The lowest BCUT2D eigenvalue weighted by atomic mass is 10.1. The monoisotopic (exact) mass is 367 g/mol. The van der Waals surface area contributed by atoms with Crippen LogP contribution in [0.4, 0.5) is 13.2 Å². The van der Waals surface area contributed by atoms with E-state index in [4.69, 9.17) is 4.42 Å². The highest BCUT2D eigenvalue weighted by Crippen LogP contribution is 2.32. The second-order valence-electron chi connectivity index (χ2n) is 6.66. The average molecular weight is 367 g/mol. The van der Waals surface area contributed by atoms with Crippen LogP contribution in [0.1, 0.15) is 49.1 Å². The summed E-state index contributed by atoms with van der Waals surface area (Å²) in [5.41, 5.74) is -0.276. The van der Waals surface area contributed by atoms with Gasteiger partial charge in [-0.2, -0.15) is 13.2 Å². The molecule has 1 fully saturated rings. The minimum atomic E-state index is -4.39. The number of alkyl halides is 3. The minimum Gasteiger partial charge on any atom is -0.425 e. The van der Waals surface area contributed by atoms with E-state index < -0.39 is 11.7 Å². The number of carbonyl (C=O) groups is 1. The zero-order valence-electron chi connectivity index (χ0n) is 14.3. The van der Waals surface area contributed by atoms with Gasteiger partial charge in [0, 0.05) is 18.9 Å². The Morgan fingerprint density at radius 3 is 2.73 bits per heavy atom. The van der Waals surface area contributed by atoms with E-state index in [0.717, 1.165) is 25.0 Å². The highest BCUT2D eigenvalue weighted by molar-refractivity contribution is 5.76. The molecule has 0 aliphatic heterocycles. The Bertz CT molecular complexity index is 769. The molecule has 140 valence electrons. The normalized spacial score (nSPS) is 15.7. The third-order valence-electron chi connectivity index (χ3n) is 4.40. The summed E-state index contributed by atoms with van der Waals surface area (Å²) in [6.07, 6.45) is -1.42. The van der Waals surface area contributed by atoms with Crippen molar-refractivity contribution in [3.8, 4) is 0 Å². The molecular formula is C18H20F3N3O2. The summed E-state index contributed by atoms with van der Waals surface area (Å²) in [5, 5.41) is 10.7. The third-order valence-corrected chi connectivity index (χ3v) is 4.40. The number of rotatable bonds is 7. The molecule has 8 heteroatoms. The summed E-state index contributed by atoms with van der Waals surface area (Å²) in [4.78, 5) is 11.9. The van der Waals surface area contributed by atoms with Crippen LogP contribution < -0.4 is 5.32 Å². The maximum atomic E-state index is 12.7. The first-order valence-electron chi connectivity index (χ1n) is 8.58. The number of benzene rings is 1. The summed E-state index contributed by atoms with van der Waals surface area (Å²) in [5.74, 6) is 1.05. The number of halogens is 3. The molecule has 0 bridgehead atoms. The van der Waals surface area contributed by atoms with Gasteiger partial charge in [0.25, 0.3) is 0 Å². The Balaban J connectivity index is 1.52. The molecule has 1 atom stereocenters. The second-order valence-corrected chi connectivity index (χ2v) is 6.66. The molecule has 1 aromatic carbocycles. The van der Waals surface area contributed by atoms with Gasteiger partial charge in [0.15, 0.2) is 0 Å². The van der Waals surface area contributed by atoms with Crippen LogP contribution in [0, 0.1) is 5.92 Å². The fraction of sp³-hybridized carbons (Fsp3) is 0.500. The van der Waals surface area contributed by atoms with E-state index in [1.165, 1.54) is 6.07 Å². The molecule has 1 heterocycles. The van der Waals surface area contributed by atoms with E-state index in [0.29, 0.717) is 23.8 Å². The molecule has 0 unspecified atom stereocenters. The molecule has 2 aromatic rings. The van der Waals surface area contributed by atoms with Crippen molar-refractivity contribution < 1.29 is 22.4 Å². The molecule has 5 nitrogen and oxygen atoms in total. The Hall–Kier alpha value is -2.38. The second kappa shape index (κ2) is 7.47. The van der Waals surface area contributed by atoms with Crippen LogP contribution in [0.25, 0.3) is 0 Å². The molecule has 1 saturated carbocycles. The van der Waals surface area contributed by atoms with Crippen molar-refractivity contribution >= 4 is 5.91 Å². The SMILES string of the molecule is C[C@H](NC(=O)CCc1nnc(Cc2cccc(C(F)(F)F)c2)o1)C1CC1. The number of amides is 1. The fourth-order valence-corrected chi connectivity index (χ4v) is 2.75. The van der Waals surface area contributed by atoms with Gasteiger partial charge in [-0.15, -0.1) is 10.2 Å². The zero-order chi connectivity index (χ0) is 18.7. The van der Waals surface area contributed by atoms with E-state index in [1.807, 2.05) is 6.92 Å². The zero-order valence-corrected chi connectivity index (χ0v) is 14.3. The molecule has 1 aromatic heterocycles. The van der Waals surface area contributed by atoms with Crippen LogP contribution in [0.3, 0.4) is 0 Å². The number of carbonyl (C=O) groups excluding carboxylic acids is 1. The number of hydrogen-bond acceptors (Lipinski definition) is 4. The molecule has 0 saturated heterocycles. The third kappa shape index (κ3) is 5.06. The molecular weight excluding hydrogens is 347 g/mol. The van der Waals surface area contributed by atoms with Crippen molar-refractivity contribution in [3.63, 3.8) is 0 Å². The van der Waals surface area contributed by atoms with Crippen LogP contribution in [0.15, 0.2) is 28.7 Å². The van der Waals surface area contributed by atoms with E-state index in [-0.39, 0.29) is 30.7 Å². The first-order valence-corrected chi connectivity index (χ1v) is 8.58. The van der Waals surface area contributed by atoms with Gasteiger partial charge in [-0.1, -0.05) is 18.2 Å². The quantitative estimate of drug-likeness (QED) is 0.813. The van der Waals surface area contributed by atoms with Gasteiger partial charge in [0.2, 0.25) is 17.7 Å². The van der Waals surface area contributed by atoms with Crippen LogP contribution >= 0.6 is 0 Å². The number of hydrogen-bond donors (Lipinski definition) is 1. The van der Waals surface area contributed by atoms with E-state index >= 15 is 0 Å². The molecule has 1 aliphatic carbocycles. The van der Waals surface area contributed by atoms with E-state index in [2.05, 4.69) is 15.5 Å². The highest BCUT2D eigenvalue weighted by Gasteiger charge is 2.30. The topological polar surface area (TPSA) is 68.0 Å². The predicted octanol–water partition coefficient (Wildman–Crippen LogP) is 3.53. The summed E-state index contributed by atoms with van der Waals surface area (Å²) < 4.78 is 43.7. The summed E-state index contributed by atoms with van der Waals surface area (Å²) >= 11 is 0. The number of aromatic nitrogens is 2. The Labute approximate surface area is 149 Å². The van der Waals surface area contributed by atoms with Gasteiger partial charge in [-0.3, -0.25) is 4.79 Å². The summed E-state index contributed by atoms with van der Waals surface area (Å²) in [6, 6.07) is 5.19. The Morgan fingerprint density at radius 2 is 2.04 bits per heavy atom. The predicted molar refractivity (Wildman–Crippen MR) is 87.2 cm³/mol. The molecule has 1 N–H and O–H groups in total. The smallest absolute Gasteiger partial charge is 0.416 e. The average Bonchev–Trinajstić information content (AvgIpc) is 3.34. The van der Waals surface area contributed by atoms with E-state index in [9.17, 15) is 18.0 Å². The number of nitrogens with one attached hydrogen (secondary N) is 1. The van der Waals surface area contributed by atoms with Crippen molar-refractivity contribution in [2.24, 2.45) is 5.92 Å². The summed E-state index contributed by atoms with van der Waals surface area (Å²) in [7, 11) is 0. The summed E-state index contributed by atoms with van der Waals surface area (Å²) in [6.45, 7) is 2.00. The van der Waals surface area contributed by atoms with Crippen molar-refractivity contribution in [2.75, 3.05) is 0 Å². The molecule has 3 rings (SSSR count). The molecule has 1 aliphatic rings. The number of aryl methyl sites for hydroxylation is 1. The van der Waals surface area contributed by atoms with Gasteiger partial charge < -0.3 is 9.73 Å². The van der Waals surface area contributed by atoms with Gasteiger partial charge in [-0.05, 0) is 37.3 Å². The van der Waals surface area contributed by atoms with Crippen LogP contribution in [0.2, 0.25) is 0 Å². The first-order chi connectivity index (χ1) is 12.3. The molecule has 0 radical (unpaired) electrons. The molecule has 26 heavy (non-hydrogen) atoms. The van der Waals surface area contributed by atoms with E-state index in [1.54, 1.807) is 6.07 Å². The maximum absolute atomic E-state index is 12.7. The lowest BCUT2D eigenvalue weighted by Gasteiger charge is -2.11. The maximum Gasteiger partial charge on any atom is 0.416 e. The van der Waals surface area contributed by atoms with Gasteiger partial charge >= 0.3 is 6.18 Å². The standard InChI is InChI=1S/C18H20F3N3O2/c1-11(13-5-6-13)22-15(25)7-8-16-23-24-17(26-16)10-12-3-2-4-14(9-12)18(19,20)21/h2-4,9,11,13H,5-8,10H2,1H3,(H,22,25)/t11-/m0/s1. The van der Waals surface area contributed by atoms with Crippen molar-refractivity contribution in [1.82, 2.24) is 15.5 Å². The van der Waals surface area contributed by atoms with Crippen molar-refractivity contribution in [3.05, 3.63) is 47.2 Å². The number of nitrogens with zero attached hydrogens (tertiary/aromatic N) is 2. The van der Waals surface area contributed by atoms with Gasteiger partial charge in [0.05, 0.1) is 12.0 Å². The largest absolute Gasteiger partial charge is 0.425 e. The minimum absolute atomic E-state index is 0.0676. The lowest BCUT2D eigenvalue weighted by Crippen LogP contribution is -2.34. The fourth-order valence-electron chi connectivity index (χ4n) is 2.75. The Morgan fingerprint density at radius 1 is 1.31 bits per heavy atom. The van der Waals surface area contributed by atoms with Gasteiger partial charge in [0.1, 0.15) is 0 Å².